The molecule has 1 unspecified atom stereocenters. The summed E-state index contributed by atoms with van der Waals surface area (Å²) in [5.74, 6) is 0.165. The van der Waals surface area contributed by atoms with Crippen LogP contribution in [0.2, 0.25) is 10.0 Å². The molecule has 5 nitrogen and oxygen atoms in total. The molecule has 0 aliphatic rings. The molecule has 0 fully saturated rings. The predicted octanol–water partition coefficient (Wildman–Crippen LogP) is 3.52. The van der Waals surface area contributed by atoms with E-state index in [1.54, 1.807) is 37.4 Å². The van der Waals surface area contributed by atoms with E-state index in [-0.39, 0.29) is 6.04 Å². The molecular formula is C18H20Cl2N4O. The fourth-order valence-electron chi connectivity index (χ4n) is 2.35. The van der Waals surface area contributed by atoms with Crippen molar-refractivity contribution in [1.29, 1.82) is 0 Å². The normalized spacial score (nSPS) is 12.6. The summed E-state index contributed by atoms with van der Waals surface area (Å²) in [5, 5.41) is 7.66. The molecule has 7 heteroatoms. The number of carbonyl (C=O) groups excluding carboxylic acids is 1. The van der Waals surface area contributed by atoms with E-state index in [1.807, 2.05) is 19.1 Å². The first kappa shape index (κ1) is 19.1. The van der Waals surface area contributed by atoms with E-state index in [2.05, 4.69) is 15.6 Å². The number of carbonyl (C=O) groups is 1. The van der Waals surface area contributed by atoms with Gasteiger partial charge in [0.25, 0.3) is 0 Å². The summed E-state index contributed by atoms with van der Waals surface area (Å²) in [7, 11) is 1.69. The van der Waals surface area contributed by atoms with E-state index in [0.29, 0.717) is 28.1 Å². The van der Waals surface area contributed by atoms with Gasteiger partial charge >= 0.3 is 0 Å². The first-order chi connectivity index (χ1) is 11.9. The molecule has 0 radical (unpaired) electrons. The Hall–Kier alpha value is -2.24. The van der Waals surface area contributed by atoms with E-state index in [0.717, 1.165) is 11.1 Å². The van der Waals surface area contributed by atoms with Crippen LogP contribution in [0.25, 0.3) is 0 Å². The molecule has 0 aliphatic heterocycles. The van der Waals surface area contributed by atoms with Crippen molar-refractivity contribution < 1.29 is 4.79 Å². The van der Waals surface area contributed by atoms with Gasteiger partial charge in [0.05, 0.1) is 6.04 Å². The third-order valence-corrected chi connectivity index (χ3v) is 4.24. The number of hydrogen-bond acceptors (Lipinski definition) is 2. The lowest BCUT2D eigenvalue weighted by molar-refractivity contribution is 0.1000. The largest absolute Gasteiger partial charge is 0.366 e. The summed E-state index contributed by atoms with van der Waals surface area (Å²) in [5.41, 5.74) is 7.63. The summed E-state index contributed by atoms with van der Waals surface area (Å²) in [6.07, 6.45) is 0. The summed E-state index contributed by atoms with van der Waals surface area (Å²) in [6, 6.07) is 12.5. The Labute approximate surface area is 157 Å². The molecule has 4 N–H and O–H groups in total. The van der Waals surface area contributed by atoms with E-state index in [9.17, 15) is 4.79 Å². The van der Waals surface area contributed by atoms with Crippen LogP contribution in [-0.2, 0) is 6.54 Å². The number of aliphatic imine (C=N–C) groups is 1. The van der Waals surface area contributed by atoms with Gasteiger partial charge in [0.2, 0.25) is 5.91 Å². The second kappa shape index (κ2) is 8.74. The molecule has 2 aromatic rings. The second-order valence-corrected chi connectivity index (χ2v) is 6.37. The molecule has 0 saturated heterocycles. The number of amides is 1. The van der Waals surface area contributed by atoms with Gasteiger partial charge < -0.3 is 16.4 Å². The van der Waals surface area contributed by atoms with Gasteiger partial charge in [-0.15, -0.1) is 0 Å². The molecule has 0 aliphatic carbocycles. The molecule has 25 heavy (non-hydrogen) atoms. The van der Waals surface area contributed by atoms with E-state index in [4.69, 9.17) is 28.9 Å². The zero-order valence-corrected chi connectivity index (χ0v) is 15.5. The number of rotatable bonds is 5. The monoisotopic (exact) mass is 378 g/mol. The van der Waals surface area contributed by atoms with Crippen LogP contribution in [0.5, 0.6) is 0 Å². The van der Waals surface area contributed by atoms with Crippen LogP contribution in [-0.4, -0.2) is 18.9 Å². The second-order valence-electron chi connectivity index (χ2n) is 5.52. The van der Waals surface area contributed by atoms with Crippen molar-refractivity contribution in [1.82, 2.24) is 10.6 Å². The number of guanidine groups is 1. The first-order valence-electron chi connectivity index (χ1n) is 7.71. The van der Waals surface area contributed by atoms with Crippen molar-refractivity contribution in [2.45, 2.75) is 19.5 Å². The number of hydrogen-bond donors (Lipinski definition) is 3. The molecule has 1 atom stereocenters. The number of primary amides is 1. The van der Waals surface area contributed by atoms with Gasteiger partial charge in [-0.1, -0.05) is 41.4 Å². The average molecular weight is 379 g/mol. The molecule has 0 aromatic heterocycles. The molecule has 0 heterocycles. The Morgan fingerprint density at radius 2 is 2.00 bits per heavy atom. The van der Waals surface area contributed by atoms with Crippen LogP contribution in [0, 0.1) is 0 Å². The molecule has 0 spiro atoms. The standard InChI is InChI=1S/C18H20Cl2N4O/c1-11(15-7-6-14(19)9-16(15)20)24-18(22-2)23-10-12-4-3-5-13(8-12)17(21)25/h3-9,11H,10H2,1-2H3,(H2,21,25)(H2,22,23,24). The summed E-state index contributed by atoms with van der Waals surface area (Å²) < 4.78 is 0. The van der Waals surface area contributed by atoms with Crippen molar-refractivity contribution in [2.75, 3.05) is 7.05 Å². The van der Waals surface area contributed by atoms with Crippen molar-refractivity contribution in [3.8, 4) is 0 Å². The van der Waals surface area contributed by atoms with Gasteiger partial charge in [-0.3, -0.25) is 9.79 Å². The third-order valence-electron chi connectivity index (χ3n) is 3.68. The molecule has 2 rings (SSSR count). The SMILES string of the molecule is CN=C(NCc1cccc(C(N)=O)c1)NC(C)c1ccc(Cl)cc1Cl. The lowest BCUT2D eigenvalue weighted by atomic mass is 10.1. The predicted molar refractivity (Wildman–Crippen MR) is 103 cm³/mol. The van der Waals surface area contributed by atoms with Gasteiger partial charge in [-0.2, -0.15) is 0 Å². The van der Waals surface area contributed by atoms with Crippen LogP contribution in [0.4, 0.5) is 0 Å². The quantitative estimate of drug-likeness (QED) is 0.549. The van der Waals surface area contributed by atoms with Gasteiger partial charge in [0.1, 0.15) is 0 Å². The first-order valence-corrected chi connectivity index (χ1v) is 8.47. The number of nitrogens with two attached hydrogens (primary N) is 1. The summed E-state index contributed by atoms with van der Waals surface area (Å²) in [6.45, 7) is 2.48. The zero-order valence-electron chi connectivity index (χ0n) is 14.0. The third kappa shape index (κ3) is 5.37. The van der Waals surface area contributed by atoms with Gasteiger partial charge in [0.15, 0.2) is 5.96 Å². The van der Waals surface area contributed by atoms with Crippen LogP contribution in [0.3, 0.4) is 0 Å². The molecule has 0 bridgehead atoms. The molecule has 1 amide bonds. The summed E-state index contributed by atoms with van der Waals surface area (Å²) >= 11 is 12.2. The van der Waals surface area contributed by atoms with E-state index >= 15 is 0 Å². The highest BCUT2D eigenvalue weighted by atomic mass is 35.5. The van der Waals surface area contributed by atoms with Crippen LogP contribution in [0.1, 0.15) is 34.5 Å². The minimum Gasteiger partial charge on any atom is -0.366 e. The smallest absolute Gasteiger partial charge is 0.248 e. The highest BCUT2D eigenvalue weighted by Gasteiger charge is 2.12. The van der Waals surface area contributed by atoms with Gasteiger partial charge in [-0.25, -0.2) is 0 Å². The van der Waals surface area contributed by atoms with Crippen molar-refractivity contribution in [3.05, 3.63) is 69.2 Å². The highest BCUT2D eigenvalue weighted by Crippen LogP contribution is 2.25. The lowest BCUT2D eigenvalue weighted by Crippen LogP contribution is -2.38. The average Bonchev–Trinajstić information content (AvgIpc) is 2.58. The Bertz CT molecular complexity index is 792. The van der Waals surface area contributed by atoms with Gasteiger partial charge in [-0.05, 0) is 42.3 Å². The maximum atomic E-state index is 11.2. The van der Waals surface area contributed by atoms with E-state index in [1.165, 1.54) is 0 Å². The summed E-state index contributed by atoms with van der Waals surface area (Å²) in [4.78, 5) is 15.5. The number of benzene rings is 2. The Kier molecular flexibility index (Phi) is 6.67. The molecule has 132 valence electrons. The van der Waals surface area contributed by atoms with Gasteiger partial charge in [0, 0.05) is 29.2 Å². The van der Waals surface area contributed by atoms with Crippen LogP contribution >= 0.6 is 23.2 Å². The van der Waals surface area contributed by atoms with Crippen molar-refractivity contribution in [3.63, 3.8) is 0 Å². The molecule has 0 saturated carbocycles. The number of nitrogens with zero attached hydrogens (tertiary/aromatic N) is 1. The zero-order chi connectivity index (χ0) is 18.4. The van der Waals surface area contributed by atoms with Crippen molar-refractivity contribution >= 4 is 35.1 Å². The van der Waals surface area contributed by atoms with Crippen molar-refractivity contribution in [2.24, 2.45) is 10.7 Å². The van der Waals surface area contributed by atoms with Crippen LogP contribution < -0.4 is 16.4 Å². The van der Waals surface area contributed by atoms with Crippen LogP contribution in [0.15, 0.2) is 47.5 Å². The maximum Gasteiger partial charge on any atom is 0.248 e. The maximum absolute atomic E-state index is 11.2. The fraction of sp³-hybridized carbons (Fsp3) is 0.222. The fourth-order valence-corrected chi connectivity index (χ4v) is 2.92. The minimum absolute atomic E-state index is 0.0621. The minimum atomic E-state index is -0.449. The Balaban J connectivity index is 2.01. The number of nitrogens with one attached hydrogen (secondary N) is 2. The Morgan fingerprint density at radius 3 is 2.64 bits per heavy atom. The molecule has 2 aromatic carbocycles. The highest BCUT2D eigenvalue weighted by molar-refractivity contribution is 6.35. The number of halogens is 2. The molecular weight excluding hydrogens is 359 g/mol. The topological polar surface area (TPSA) is 79.5 Å². The Morgan fingerprint density at radius 1 is 1.24 bits per heavy atom. The van der Waals surface area contributed by atoms with E-state index < -0.39 is 5.91 Å². The lowest BCUT2D eigenvalue weighted by Gasteiger charge is -2.19.